The number of benzene rings is 2. The average Bonchev–Trinajstić information content (AvgIpc) is 3.70. The average molecular weight is 555 g/mol. The highest BCUT2D eigenvalue weighted by molar-refractivity contribution is 6.00. The van der Waals surface area contributed by atoms with Crippen molar-refractivity contribution in [2.24, 2.45) is 0 Å². The Balaban J connectivity index is 1.04. The molecule has 0 spiro atoms. The summed E-state index contributed by atoms with van der Waals surface area (Å²) < 4.78 is 5.50. The van der Waals surface area contributed by atoms with Crippen molar-refractivity contribution in [3.8, 4) is 11.4 Å². The highest BCUT2D eigenvalue weighted by Gasteiger charge is 2.19. The number of aromatic amines is 1. The van der Waals surface area contributed by atoms with Crippen molar-refractivity contribution in [3.05, 3.63) is 66.4 Å². The molecule has 2 saturated heterocycles. The number of anilines is 3. The summed E-state index contributed by atoms with van der Waals surface area (Å²) in [5.74, 6) is 1.37. The second-order valence-electron chi connectivity index (χ2n) is 10.2. The molecule has 4 aromatic rings. The third-order valence-corrected chi connectivity index (χ3v) is 7.42. The maximum Gasteiger partial charge on any atom is 0.323 e. The Morgan fingerprint density at radius 3 is 2.24 bits per heavy atom. The molecular weight excluding hydrogens is 520 g/mol. The number of hydrogen-bond acceptors (Lipinski definition) is 7. The fraction of sp³-hybridized carbons (Fsp3) is 0.333. The molecule has 4 N–H and O–H groups in total. The lowest BCUT2D eigenvalue weighted by atomic mass is 10.2. The standard InChI is InChI=1S/C30H34N8O3/c39-29(32-13-16-37-14-1-2-15-37)22-5-9-24(10-6-22)34-30(40)33-23-7-3-21(4-8-23)27-35-25-11-12-31-26(25)28(36-27)38-17-19-41-20-18-38/h3-12,31H,1-2,13-20H2,(H,32,39)(H2,33,34,40). The summed E-state index contributed by atoms with van der Waals surface area (Å²) in [5.41, 5.74) is 4.40. The van der Waals surface area contributed by atoms with Crippen LogP contribution in [0.25, 0.3) is 22.4 Å². The monoisotopic (exact) mass is 554 g/mol. The van der Waals surface area contributed by atoms with Crippen molar-refractivity contribution in [2.75, 3.05) is 68.0 Å². The molecule has 11 nitrogen and oxygen atoms in total. The maximum absolute atomic E-state index is 12.6. The van der Waals surface area contributed by atoms with Gasteiger partial charge < -0.3 is 35.5 Å². The van der Waals surface area contributed by atoms with Crippen LogP contribution in [-0.4, -0.2) is 84.3 Å². The Morgan fingerprint density at radius 1 is 0.854 bits per heavy atom. The fourth-order valence-electron chi connectivity index (χ4n) is 5.20. The quantitative estimate of drug-likeness (QED) is 0.260. The Labute approximate surface area is 238 Å². The Morgan fingerprint density at radius 2 is 1.54 bits per heavy atom. The lowest BCUT2D eigenvalue weighted by molar-refractivity contribution is 0.0949. The number of aromatic nitrogens is 3. The first-order chi connectivity index (χ1) is 20.1. The van der Waals surface area contributed by atoms with Gasteiger partial charge in [-0.3, -0.25) is 4.79 Å². The van der Waals surface area contributed by atoms with Gasteiger partial charge in [-0.1, -0.05) is 0 Å². The van der Waals surface area contributed by atoms with Crippen molar-refractivity contribution < 1.29 is 14.3 Å². The molecule has 2 aromatic carbocycles. The molecule has 2 aliphatic heterocycles. The van der Waals surface area contributed by atoms with Crippen molar-refractivity contribution >= 4 is 40.2 Å². The van der Waals surface area contributed by atoms with Crippen LogP contribution in [0.15, 0.2) is 60.8 Å². The highest BCUT2D eigenvalue weighted by atomic mass is 16.5. The zero-order chi connectivity index (χ0) is 28.0. The number of nitrogens with zero attached hydrogens (tertiary/aromatic N) is 4. The largest absolute Gasteiger partial charge is 0.378 e. The fourth-order valence-corrected chi connectivity index (χ4v) is 5.20. The van der Waals surface area contributed by atoms with Crippen LogP contribution in [0.5, 0.6) is 0 Å². The van der Waals surface area contributed by atoms with Gasteiger partial charge in [-0.25, -0.2) is 14.8 Å². The minimum absolute atomic E-state index is 0.114. The Hall–Kier alpha value is -4.48. The molecule has 0 bridgehead atoms. The van der Waals surface area contributed by atoms with Gasteiger partial charge in [-0.2, -0.15) is 0 Å². The second kappa shape index (κ2) is 12.4. The smallest absolute Gasteiger partial charge is 0.323 e. The molecular formula is C30H34N8O3. The van der Waals surface area contributed by atoms with Crippen LogP contribution in [-0.2, 0) is 4.74 Å². The van der Waals surface area contributed by atoms with E-state index < -0.39 is 0 Å². The van der Waals surface area contributed by atoms with Crippen molar-refractivity contribution in [2.45, 2.75) is 12.8 Å². The van der Waals surface area contributed by atoms with Gasteiger partial charge in [0.2, 0.25) is 0 Å². The molecule has 2 fully saturated rings. The van der Waals surface area contributed by atoms with Gasteiger partial charge >= 0.3 is 6.03 Å². The van der Waals surface area contributed by atoms with Crippen LogP contribution in [0.4, 0.5) is 22.0 Å². The third kappa shape index (κ3) is 6.47. The summed E-state index contributed by atoms with van der Waals surface area (Å²) in [4.78, 5) is 42.5. The maximum atomic E-state index is 12.6. The number of carbonyl (C=O) groups excluding carboxylic acids is 2. The van der Waals surface area contributed by atoms with E-state index in [1.54, 1.807) is 24.3 Å². The Kier molecular flexibility index (Phi) is 8.06. The summed E-state index contributed by atoms with van der Waals surface area (Å²) in [7, 11) is 0. The predicted molar refractivity (Wildman–Crippen MR) is 159 cm³/mol. The first-order valence-corrected chi connectivity index (χ1v) is 14.1. The SMILES string of the molecule is O=C(Nc1ccc(C(=O)NCCN2CCCC2)cc1)Nc1ccc(-c2nc(N3CCOCC3)c3[nH]ccc3n2)cc1. The van der Waals surface area contributed by atoms with Crippen LogP contribution in [0.2, 0.25) is 0 Å². The van der Waals surface area contributed by atoms with E-state index in [2.05, 4.69) is 30.7 Å². The molecule has 2 aliphatic rings. The van der Waals surface area contributed by atoms with E-state index >= 15 is 0 Å². The number of fused-ring (bicyclic) bond motifs is 1. The van der Waals surface area contributed by atoms with Crippen molar-refractivity contribution in [1.29, 1.82) is 0 Å². The number of nitrogens with one attached hydrogen (secondary N) is 4. The zero-order valence-corrected chi connectivity index (χ0v) is 22.9. The minimum atomic E-state index is -0.375. The molecule has 6 rings (SSSR count). The van der Waals surface area contributed by atoms with Gasteiger partial charge in [0.25, 0.3) is 5.91 Å². The molecule has 2 aromatic heterocycles. The van der Waals surface area contributed by atoms with Gasteiger partial charge in [0, 0.05) is 54.9 Å². The first kappa shape index (κ1) is 26.7. The van der Waals surface area contributed by atoms with E-state index in [1.807, 2.05) is 36.5 Å². The predicted octanol–water partition coefficient (Wildman–Crippen LogP) is 3.93. The van der Waals surface area contributed by atoms with Crippen LogP contribution >= 0.6 is 0 Å². The van der Waals surface area contributed by atoms with Gasteiger partial charge in [-0.05, 0) is 80.5 Å². The third-order valence-electron chi connectivity index (χ3n) is 7.42. The van der Waals surface area contributed by atoms with Gasteiger partial charge in [-0.15, -0.1) is 0 Å². The number of H-pyrrole nitrogens is 1. The van der Waals surface area contributed by atoms with Gasteiger partial charge in [0.15, 0.2) is 11.6 Å². The zero-order valence-electron chi connectivity index (χ0n) is 22.9. The number of urea groups is 1. The van der Waals surface area contributed by atoms with Crippen LogP contribution in [0.3, 0.4) is 0 Å². The number of morpholine rings is 1. The van der Waals surface area contributed by atoms with Crippen molar-refractivity contribution in [1.82, 2.24) is 25.2 Å². The molecule has 0 unspecified atom stereocenters. The lowest BCUT2D eigenvalue weighted by Gasteiger charge is -2.28. The Bertz CT molecular complexity index is 1490. The number of likely N-dealkylation sites (tertiary alicyclic amines) is 1. The van der Waals surface area contributed by atoms with E-state index in [4.69, 9.17) is 14.7 Å². The van der Waals surface area contributed by atoms with Gasteiger partial charge in [0.1, 0.15) is 5.52 Å². The molecule has 212 valence electrons. The van der Waals surface area contributed by atoms with Crippen LogP contribution < -0.4 is 20.9 Å². The van der Waals surface area contributed by atoms with Crippen molar-refractivity contribution in [3.63, 3.8) is 0 Å². The van der Waals surface area contributed by atoms with E-state index in [1.165, 1.54) is 12.8 Å². The normalized spacial score (nSPS) is 15.7. The van der Waals surface area contributed by atoms with E-state index in [-0.39, 0.29) is 11.9 Å². The van der Waals surface area contributed by atoms with E-state index in [9.17, 15) is 9.59 Å². The molecule has 4 heterocycles. The van der Waals surface area contributed by atoms with Crippen LogP contribution in [0, 0.1) is 0 Å². The summed E-state index contributed by atoms with van der Waals surface area (Å²) in [5, 5.41) is 8.62. The number of rotatable bonds is 8. The highest BCUT2D eigenvalue weighted by Crippen LogP contribution is 2.28. The molecule has 41 heavy (non-hydrogen) atoms. The molecule has 0 radical (unpaired) electrons. The second-order valence-corrected chi connectivity index (χ2v) is 10.2. The number of carbonyl (C=O) groups is 2. The molecule has 0 saturated carbocycles. The topological polar surface area (TPSA) is 128 Å². The molecule has 0 aliphatic carbocycles. The summed E-state index contributed by atoms with van der Waals surface area (Å²) in [6.07, 6.45) is 4.34. The van der Waals surface area contributed by atoms with Crippen LogP contribution in [0.1, 0.15) is 23.2 Å². The minimum Gasteiger partial charge on any atom is -0.378 e. The first-order valence-electron chi connectivity index (χ1n) is 14.1. The number of amides is 3. The molecule has 0 atom stereocenters. The van der Waals surface area contributed by atoms with E-state index in [0.717, 1.165) is 55.1 Å². The molecule has 11 heteroatoms. The summed E-state index contributed by atoms with van der Waals surface area (Å²) in [6.45, 7) is 6.60. The summed E-state index contributed by atoms with van der Waals surface area (Å²) in [6, 6.07) is 15.9. The van der Waals surface area contributed by atoms with E-state index in [0.29, 0.717) is 42.5 Å². The van der Waals surface area contributed by atoms with Gasteiger partial charge in [0.05, 0.1) is 18.7 Å². The molecule has 3 amide bonds. The summed E-state index contributed by atoms with van der Waals surface area (Å²) >= 11 is 0. The number of hydrogen-bond donors (Lipinski definition) is 4. The lowest BCUT2D eigenvalue weighted by Crippen LogP contribution is -2.37. The number of ether oxygens (including phenoxy) is 1.